The molecule has 10 nitrogen and oxygen atoms in total. The average Bonchev–Trinajstić information content (AvgIpc) is 3.51. The number of aliphatic hydroxyl groups excluding tert-OH is 3. The summed E-state index contributed by atoms with van der Waals surface area (Å²) in [5.41, 5.74) is 2.16. The molecule has 3 aromatic rings. The number of halogens is 1. The first-order chi connectivity index (χ1) is 16.0. The molecule has 3 unspecified atom stereocenters. The Hall–Kier alpha value is -1.90. The molecule has 2 aromatic heterocycles. The minimum absolute atomic E-state index is 0.0513. The number of rotatable bonds is 7. The van der Waals surface area contributed by atoms with Crippen LogP contribution in [0.2, 0.25) is 0 Å². The van der Waals surface area contributed by atoms with E-state index < -0.39 is 31.1 Å². The summed E-state index contributed by atoms with van der Waals surface area (Å²) in [6.07, 6.45) is 1.79. The van der Waals surface area contributed by atoms with Crippen molar-refractivity contribution in [3.05, 3.63) is 46.1 Å². The molecule has 5 rings (SSSR count). The molecule has 1 aromatic carbocycles. The van der Waals surface area contributed by atoms with Crippen LogP contribution < -0.4 is 5.32 Å². The maximum Gasteiger partial charge on any atom is 0.167 e. The molecular weight excluding hydrogens is 541 g/mol. The summed E-state index contributed by atoms with van der Waals surface area (Å²) in [7, 11) is 0. The molecule has 1 saturated heterocycles. The van der Waals surface area contributed by atoms with Crippen LogP contribution in [0.4, 0.5) is 5.82 Å². The van der Waals surface area contributed by atoms with Gasteiger partial charge in [-0.05, 0) is 59.5 Å². The summed E-state index contributed by atoms with van der Waals surface area (Å²) in [5.74, 6) is 0.584. The van der Waals surface area contributed by atoms with Gasteiger partial charge in [-0.3, -0.25) is 4.57 Å². The summed E-state index contributed by atoms with van der Waals surface area (Å²) in [6, 6.07) is 8.37. The number of anilines is 1. The van der Waals surface area contributed by atoms with E-state index in [9.17, 15) is 15.3 Å². The molecular formula is C22H26IN5O5. The van der Waals surface area contributed by atoms with E-state index in [2.05, 4.69) is 61.1 Å². The van der Waals surface area contributed by atoms with Crippen LogP contribution in [0.15, 0.2) is 36.9 Å². The van der Waals surface area contributed by atoms with Crippen LogP contribution in [0.1, 0.15) is 31.1 Å². The van der Waals surface area contributed by atoms with E-state index in [0.29, 0.717) is 23.6 Å². The first-order valence-electron chi connectivity index (χ1n) is 11.0. The molecule has 0 radical (unpaired) electrons. The van der Waals surface area contributed by atoms with Gasteiger partial charge >= 0.3 is 0 Å². The molecule has 176 valence electrons. The number of aliphatic hydroxyl groups is 3. The molecule has 2 fully saturated rings. The van der Waals surface area contributed by atoms with Crippen molar-refractivity contribution in [2.45, 2.75) is 62.6 Å². The van der Waals surface area contributed by atoms with Crippen molar-refractivity contribution >= 4 is 39.6 Å². The highest BCUT2D eigenvalue weighted by atomic mass is 127. The first-order valence-corrected chi connectivity index (χ1v) is 12.1. The van der Waals surface area contributed by atoms with Crippen LogP contribution in [0.5, 0.6) is 0 Å². The largest absolute Gasteiger partial charge is 0.394 e. The second-order valence-corrected chi connectivity index (χ2v) is 9.68. The van der Waals surface area contributed by atoms with Crippen molar-refractivity contribution in [3.63, 3.8) is 0 Å². The molecule has 4 N–H and O–H groups in total. The summed E-state index contributed by atoms with van der Waals surface area (Å²) in [6.45, 7) is 0.160. The molecule has 1 aliphatic carbocycles. The normalized spacial score (nSPS) is 29.7. The molecule has 2 aliphatic rings. The fraction of sp³-hybridized carbons (Fsp3) is 0.500. The second kappa shape index (κ2) is 9.76. The Kier molecular flexibility index (Phi) is 6.77. The Morgan fingerprint density at radius 3 is 2.85 bits per heavy atom. The molecule has 0 spiro atoms. The van der Waals surface area contributed by atoms with Gasteiger partial charge in [-0.15, -0.1) is 0 Å². The smallest absolute Gasteiger partial charge is 0.167 e. The van der Waals surface area contributed by atoms with E-state index in [4.69, 9.17) is 9.47 Å². The average molecular weight is 567 g/mol. The summed E-state index contributed by atoms with van der Waals surface area (Å²) < 4.78 is 14.6. The van der Waals surface area contributed by atoms with Crippen molar-refractivity contribution in [2.75, 3.05) is 11.9 Å². The van der Waals surface area contributed by atoms with Gasteiger partial charge in [0.05, 0.1) is 31.7 Å². The standard InChI is InChI=1S/C22H26IN5O5/c23-13-4-1-3-12(7-13)9-32-15-6-2-5-14(15)27-20-17-21(25-10-24-20)28(11-26-17)22-19(31)18(30)16(8-29)33-22/h1,3-4,7,10-11,14-16,18-19,22,29-31H,2,5-6,8-9H2,(H,24,25,27)/t14-,15?,16?,18+,19+,22?/m0/s1. The lowest BCUT2D eigenvalue weighted by Gasteiger charge is -2.22. The number of imidazole rings is 1. The maximum atomic E-state index is 10.4. The van der Waals surface area contributed by atoms with Crippen molar-refractivity contribution in [1.29, 1.82) is 0 Å². The maximum absolute atomic E-state index is 10.4. The van der Waals surface area contributed by atoms with Gasteiger partial charge in [0.1, 0.15) is 24.6 Å². The summed E-state index contributed by atoms with van der Waals surface area (Å²) in [4.78, 5) is 13.2. The highest BCUT2D eigenvalue weighted by Crippen LogP contribution is 2.33. The van der Waals surface area contributed by atoms with Gasteiger partial charge < -0.3 is 30.1 Å². The first kappa shape index (κ1) is 22.9. The Morgan fingerprint density at radius 2 is 2.06 bits per heavy atom. The van der Waals surface area contributed by atoms with Crippen LogP contribution in [0.25, 0.3) is 11.2 Å². The zero-order chi connectivity index (χ0) is 22.9. The predicted molar refractivity (Wildman–Crippen MR) is 127 cm³/mol. The summed E-state index contributed by atoms with van der Waals surface area (Å²) >= 11 is 2.30. The Bertz CT molecular complexity index is 1110. The topological polar surface area (TPSA) is 135 Å². The van der Waals surface area contributed by atoms with Crippen LogP contribution in [0, 0.1) is 3.57 Å². The number of fused-ring (bicyclic) bond motifs is 1. The molecule has 0 amide bonds. The van der Waals surface area contributed by atoms with Gasteiger partial charge in [0.25, 0.3) is 0 Å². The molecule has 3 heterocycles. The van der Waals surface area contributed by atoms with E-state index in [1.54, 1.807) is 4.57 Å². The number of nitrogens with zero attached hydrogens (tertiary/aromatic N) is 4. The third-order valence-corrected chi connectivity index (χ3v) is 6.95. The third kappa shape index (κ3) is 4.57. The van der Waals surface area contributed by atoms with Crippen LogP contribution >= 0.6 is 22.6 Å². The molecule has 0 bridgehead atoms. The Labute approximate surface area is 204 Å². The van der Waals surface area contributed by atoms with Gasteiger partial charge in [0.15, 0.2) is 23.2 Å². The van der Waals surface area contributed by atoms with E-state index in [1.807, 2.05) is 6.07 Å². The Balaban J connectivity index is 1.32. The third-order valence-electron chi connectivity index (χ3n) is 6.28. The molecule has 11 heteroatoms. The second-order valence-electron chi connectivity index (χ2n) is 8.44. The van der Waals surface area contributed by atoms with Crippen molar-refractivity contribution in [3.8, 4) is 0 Å². The molecule has 1 aliphatic heterocycles. The van der Waals surface area contributed by atoms with Gasteiger partial charge in [-0.2, -0.15) is 0 Å². The number of hydrogen-bond donors (Lipinski definition) is 4. The lowest BCUT2D eigenvalue weighted by atomic mass is 10.1. The monoisotopic (exact) mass is 567 g/mol. The number of nitrogens with one attached hydrogen (secondary N) is 1. The number of hydrogen-bond acceptors (Lipinski definition) is 9. The molecule has 33 heavy (non-hydrogen) atoms. The van der Waals surface area contributed by atoms with E-state index in [1.165, 1.54) is 16.2 Å². The zero-order valence-corrected chi connectivity index (χ0v) is 19.9. The SMILES string of the molecule is OCC1OC(n2cnc3c(N[C@H]4CCCC4OCc4cccc(I)c4)ncnc32)[C@H](O)[C@@H]1O. The van der Waals surface area contributed by atoms with Gasteiger partial charge in [-0.1, -0.05) is 12.1 Å². The predicted octanol–water partition coefficient (Wildman–Crippen LogP) is 1.59. The minimum Gasteiger partial charge on any atom is -0.394 e. The van der Waals surface area contributed by atoms with Crippen molar-refractivity contribution in [1.82, 2.24) is 19.5 Å². The fourth-order valence-corrected chi connectivity index (χ4v) is 5.16. The highest BCUT2D eigenvalue weighted by Gasteiger charge is 2.44. The van der Waals surface area contributed by atoms with E-state index in [0.717, 1.165) is 24.8 Å². The zero-order valence-electron chi connectivity index (χ0n) is 17.8. The van der Waals surface area contributed by atoms with E-state index >= 15 is 0 Å². The molecule has 6 atom stereocenters. The number of ether oxygens (including phenoxy) is 2. The quantitative estimate of drug-likeness (QED) is 0.314. The van der Waals surface area contributed by atoms with Crippen molar-refractivity contribution in [2.24, 2.45) is 0 Å². The summed E-state index contributed by atoms with van der Waals surface area (Å²) in [5, 5.41) is 33.3. The Morgan fingerprint density at radius 1 is 1.18 bits per heavy atom. The van der Waals surface area contributed by atoms with Crippen LogP contribution in [0.3, 0.4) is 0 Å². The number of benzene rings is 1. The van der Waals surface area contributed by atoms with E-state index in [-0.39, 0.29) is 12.1 Å². The van der Waals surface area contributed by atoms with Gasteiger partial charge in [-0.25, -0.2) is 15.0 Å². The van der Waals surface area contributed by atoms with Gasteiger partial charge in [0.2, 0.25) is 0 Å². The van der Waals surface area contributed by atoms with Gasteiger partial charge in [0, 0.05) is 3.57 Å². The lowest BCUT2D eigenvalue weighted by molar-refractivity contribution is -0.0511. The van der Waals surface area contributed by atoms with Crippen LogP contribution in [-0.4, -0.2) is 71.9 Å². The van der Waals surface area contributed by atoms with Crippen molar-refractivity contribution < 1.29 is 24.8 Å². The minimum atomic E-state index is -1.21. The van der Waals surface area contributed by atoms with Crippen LogP contribution in [-0.2, 0) is 16.1 Å². The lowest BCUT2D eigenvalue weighted by Crippen LogP contribution is -2.33. The fourth-order valence-electron chi connectivity index (χ4n) is 4.55. The number of aromatic nitrogens is 4. The molecule has 1 saturated carbocycles. The highest BCUT2D eigenvalue weighted by molar-refractivity contribution is 14.1.